The first kappa shape index (κ1) is 23.6. The lowest BCUT2D eigenvalue weighted by atomic mass is 10.1. The molecule has 1 fully saturated rings. The molecular formula is C24H26N2O7. The van der Waals surface area contributed by atoms with Crippen molar-refractivity contribution in [2.45, 2.75) is 6.92 Å². The zero-order valence-corrected chi connectivity index (χ0v) is 19.0. The van der Waals surface area contributed by atoms with E-state index in [1.165, 1.54) is 20.2 Å². The van der Waals surface area contributed by atoms with E-state index < -0.39 is 17.8 Å². The molecule has 0 N–H and O–H groups in total. The Morgan fingerprint density at radius 3 is 1.94 bits per heavy atom. The van der Waals surface area contributed by atoms with Gasteiger partial charge < -0.3 is 18.9 Å². The highest BCUT2D eigenvalue weighted by Crippen LogP contribution is 2.30. The summed E-state index contributed by atoms with van der Waals surface area (Å²) in [7, 11) is 4.24. The number of ether oxygens (including phenoxy) is 4. The van der Waals surface area contributed by atoms with Crippen LogP contribution in [0.5, 0.6) is 23.0 Å². The molecule has 2 aromatic carbocycles. The van der Waals surface area contributed by atoms with Gasteiger partial charge in [-0.2, -0.15) is 0 Å². The van der Waals surface area contributed by atoms with Crippen molar-refractivity contribution in [2.75, 3.05) is 41.0 Å². The van der Waals surface area contributed by atoms with Crippen LogP contribution in [0.15, 0.2) is 48.0 Å². The number of para-hydroxylation sites is 2. The number of barbiturate groups is 1. The maximum absolute atomic E-state index is 12.4. The fourth-order valence-corrected chi connectivity index (χ4v) is 3.18. The van der Waals surface area contributed by atoms with Gasteiger partial charge in [0.25, 0.3) is 11.8 Å². The average molecular weight is 454 g/mol. The van der Waals surface area contributed by atoms with E-state index in [1.54, 1.807) is 25.3 Å². The molecule has 4 amide bonds. The molecule has 0 aromatic heterocycles. The minimum atomic E-state index is -0.670. The lowest BCUT2D eigenvalue weighted by Gasteiger charge is -2.28. The molecule has 2 aromatic rings. The number of carbonyl (C=O) groups excluding carboxylic acids is 3. The van der Waals surface area contributed by atoms with E-state index in [9.17, 15) is 14.4 Å². The Hall–Kier alpha value is -4.01. The molecule has 1 aliphatic rings. The number of methoxy groups -OCH3 is 1. The molecule has 174 valence electrons. The van der Waals surface area contributed by atoms with Crippen LogP contribution in [0, 0.1) is 0 Å². The van der Waals surface area contributed by atoms with E-state index in [0.29, 0.717) is 35.2 Å². The number of rotatable bonds is 9. The summed E-state index contributed by atoms with van der Waals surface area (Å²) in [6, 6.07) is 11.7. The Kier molecular flexibility index (Phi) is 7.55. The van der Waals surface area contributed by atoms with E-state index in [4.69, 9.17) is 18.9 Å². The van der Waals surface area contributed by atoms with Crippen LogP contribution >= 0.6 is 0 Å². The molecule has 9 heteroatoms. The molecule has 9 nitrogen and oxygen atoms in total. The van der Waals surface area contributed by atoms with Gasteiger partial charge in [-0.1, -0.05) is 18.2 Å². The summed E-state index contributed by atoms with van der Waals surface area (Å²) in [5, 5.41) is 0. The molecular weight excluding hydrogens is 428 g/mol. The van der Waals surface area contributed by atoms with Gasteiger partial charge in [-0.25, -0.2) is 4.79 Å². The Balaban J connectivity index is 1.72. The monoisotopic (exact) mass is 454 g/mol. The molecule has 0 unspecified atom stereocenters. The average Bonchev–Trinajstić information content (AvgIpc) is 2.83. The predicted octanol–water partition coefficient (Wildman–Crippen LogP) is 2.99. The SMILES string of the molecule is CCOc1cc(C=C2C(=O)N(C)C(=O)N(C)C2=O)ccc1OCCOc1ccccc1OC. The van der Waals surface area contributed by atoms with Crippen molar-refractivity contribution in [3.8, 4) is 23.0 Å². The third-order valence-electron chi connectivity index (χ3n) is 4.89. The lowest BCUT2D eigenvalue weighted by molar-refractivity contribution is -0.134. The summed E-state index contributed by atoms with van der Waals surface area (Å²) in [5.41, 5.74) is 0.449. The predicted molar refractivity (Wildman–Crippen MR) is 121 cm³/mol. The molecule has 0 saturated carbocycles. The first-order chi connectivity index (χ1) is 15.9. The van der Waals surface area contributed by atoms with E-state index in [2.05, 4.69) is 0 Å². The van der Waals surface area contributed by atoms with E-state index >= 15 is 0 Å². The largest absolute Gasteiger partial charge is 0.493 e. The second-order valence-electron chi connectivity index (χ2n) is 7.06. The highest BCUT2D eigenvalue weighted by atomic mass is 16.5. The van der Waals surface area contributed by atoms with Gasteiger partial charge in [0.2, 0.25) is 0 Å². The van der Waals surface area contributed by atoms with Gasteiger partial charge >= 0.3 is 6.03 Å². The number of amides is 4. The molecule has 0 radical (unpaired) electrons. The highest BCUT2D eigenvalue weighted by Gasteiger charge is 2.37. The summed E-state index contributed by atoms with van der Waals surface area (Å²) >= 11 is 0. The van der Waals surface area contributed by atoms with E-state index in [0.717, 1.165) is 9.80 Å². The minimum absolute atomic E-state index is 0.110. The number of carbonyl (C=O) groups is 3. The van der Waals surface area contributed by atoms with Crippen molar-refractivity contribution in [2.24, 2.45) is 0 Å². The smallest absolute Gasteiger partial charge is 0.333 e. The molecule has 0 spiro atoms. The highest BCUT2D eigenvalue weighted by molar-refractivity contribution is 6.30. The van der Waals surface area contributed by atoms with Crippen LogP contribution < -0.4 is 18.9 Å². The zero-order valence-electron chi connectivity index (χ0n) is 19.0. The summed E-state index contributed by atoms with van der Waals surface area (Å²) < 4.78 is 22.5. The zero-order chi connectivity index (χ0) is 24.0. The first-order valence-electron chi connectivity index (χ1n) is 10.3. The fraction of sp³-hybridized carbons (Fsp3) is 0.292. The fourth-order valence-electron chi connectivity index (χ4n) is 3.18. The number of nitrogens with zero attached hydrogens (tertiary/aromatic N) is 2. The molecule has 0 bridgehead atoms. The topological polar surface area (TPSA) is 94.6 Å². The van der Waals surface area contributed by atoms with Crippen LogP contribution in [0.25, 0.3) is 6.08 Å². The van der Waals surface area contributed by atoms with Crippen molar-refractivity contribution in [3.05, 3.63) is 53.6 Å². The third-order valence-corrected chi connectivity index (χ3v) is 4.89. The van der Waals surface area contributed by atoms with E-state index in [-0.39, 0.29) is 18.8 Å². The van der Waals surface area contributed by atoms with Crippen LogP contribution in [-0.4, -0.2) is 68.7 Å². The van der Waals surface area contributed by atoms with Gasteiger partial charge in [0.05, 0.1) is 13.7 Å². The van der Waals surface area contributed by atoms with Gasteiger partial charge in [-0.3, -0.25) is 19.4 Å². The normalized spacial score (nSPS) is 13.8. The molecule has 0 aliphatic carbocycles. The third kappa shape index (κ3) is 5.25. The minimum Gasteiger partial charge on any atom is -0.493 e. The van der Waals surface area contributed by atoms with Crippen molar-refractivity contribution in [1.29, 1.82) is 0 Å². The van der Waals surface area contributed by atoms with Crippen molar-refractivity contribution < 1.29 is 33.3 Å². The number of imide groups is 2. The molecule has 3 rings (SSSR count). The number of benzene rings is 2. The summed E-state index contributed by atoms with van der Waals surface area (Å²) in [4.78, 5) is 38.5. The summed E-state index contributed by atoms with van der Waals surface area (Å²) in [6.45, 7) is 2.77. The van der Waals surface area contributed by atoms with Crippen LogP contribution in [0.4, 0.5) is 4.79 Å². The van der Waals surface area contributed by atoms with Crippen molar-refractivity contribution >= 4 is 23.9 Å². The van der Waals surface area contributed by atoms with Crippen LogP contribution in [0.1, 0.15) is 12.5 Å². The lowest BCUT2D eigenvalue weighted by Crippen LogP contribution is -2.52. The number of likely N-dealkylation sites (N-methyl/N-ethyl adjacent to an activating group) is 2. The molecule has 33 heavy (non-hydrogen) atoms. The second-order valence-corrected chi connectivity index (χ2v) is 7.06. The van der Waals surface area contributed by atoms with Crippen molar-refractivity contribution in [3.63, 3.8) is 0 Å². The summed E-state index contributed by atoms with van der Waals surface area (Å²) in [6.07, 6.45) is 1.43. The molecule has 0 atom stereocenters. The van der Waals surface area contributed by atoms with Gasteiger partial charge in [0.1, 0.15) is 18.8 Å². The molecule has 1 saturated heterocycles. The van der Waals surface area contributed by atoms with Crippen LogP contribution in [0.2, 0.25) is 0 Å². The number of urea groups is 1. The van der Waals surface area contributed by atoms with E-state index in [1.807, 2.05) is 31.2 Å². The quantitative estimate of drug-likeness (QED) is 0.327. The maximum atomic E-state index is 12.4. The second kappa shape index (κ2) is 10.5. The van der Waals surface area contributed by atoms with Crippen LogP contribution in [-0.2, 0) is 9.59 Å². The van der Waals surface area contributed by atoms with Gasteiger partial charge in [-0.15, -0.1) is 0 Å². The Labute approximate surface area is 192 Å². The van der Waals surface area contributed by atoms with Crippen molar-refractivity contribution in [1.82, 2.24) is 9.80 Å². The first-order valence-corrected chi connectivity index (χ1v) is 10.3. The Bertz CT molecular complexity index is 1050. The summed E-state index contributed by atoms with van der Waals surface area (Å²) in [5.74, 6) is 0.885. The number of hydrogen-bond acceptors (Lipinski definition) is 7. The number of hydrogen-bond donors (Lipinski definition) is 0. The molecule has 1 heterocycles. The van der Waals surface area contributed by atoms with Gasteiger partial charge in [-0.05, 0) is 42.8 Å². The van der Waals surface area contributed by atoms with Gasteiger partial charge in [0.15, 0.2) is 23.0 Å². The maximum Gasteiger partial charge on any atom is 0.333 e. The Morgan fingerprint density at radius 1 is 0.788 bits per heavy atom. The van der Waals surface area contributed by atoms with Crippen LogP contribution in [0.3, 0.4) is 0 Å². The standard InChI is InChI=1S/C24H26N2O7/c1-5-31-21-15-16(14-17-22(27)25(2)24(29)26(3)23(17)28)10-11-20(21)33-13-12-32-19-9-7-6-8-18(19)30-4/h6-11,14-15H,5,12-13H2,1-4H3. The van der Waals surface area contributed by atoms with Gasteiger partial charge in [0, 0.05) is 14.1 Å². The molecule has 1 aliphatic heterocycles. The Morgan fingerprint density at radius 2 is 1.36 bits per heavy atom.